The van der Waals surface area contributed by atoms with Gasteiger partial charge in [-0.25, -0.2) is 4.98 Å². The van der Waals surface area contributed by atoms with Gasteiger partial charge in [-0.3, -0.25) is 47.8 Å². The minimum atomic E-state index is -5.06. The van der Waals surface area contributed by atoms with Crippen LogP contribution in [-0.2, 0) is 70.5 Å². The summed E-state index contributed by atoms with van der Waals surface area (Å²) < 4.78 is 17.9. The number of nitrogens with one attached hydrogen (secondary N) is 5. The molecule has 3 aliphatic rings. The third-order valence-corrected chi connectivity index (χ3v) is 18.1. The SMILES string of the molecule is Cc1ncsc1-c1ccc(CNC(=O)[C@@H]2C[C@H](O)CN2C(=O)[C@@H](NC(=O)CCCCc2ccc(CO[C@H](C)[C@H](CCC(N)=O)NC(=O)[C@@H]3Cc4cccc5c4N3C(=O)[C@@H](NC(=O)c3cc4cc(C(=O)P(=O)(O)O)ccc4[nH]3)CC5)cc2)C(C)(C)C)cc1. The number of ether oxygens (including phenoxy) is 1. The minimum Gasteiger partial charge on any atom is -0.391 e. The molecule has 0 aliphatic carbocycles. The van der Waals surface area contributed by atoms with Crippen molar-refractivity contribution >= 4 is 82.4 Å². The first-order chi connectivity index (χ1) is 41.3. The van der Waals surface area contributed by atoms with Crippen LogP contribution < -0.4 is 31.9 Å². The number of aromatic amines is 1. The molecule has 87 heavy (non-hydrogen) atoms. The number of fused-ring (bicyclic) bond motifs is 1. The fourth-order valence-corrected chi connectivity index (χ4v) is 12.8. The van der Waals surface area contributed by atoms with Gasteiger partial charge in [-0.1, -0.05) is 87.5 Å². The van der Waals surface area contributed by atoms with Crippen LogP contribution in [0.25, 0.3) is 21.3 Å². The molecule has 4 aromatic carbocycles. The van der Waals surface area contributed by atoms with Gasteiger partial charge in [-0.05, 0) is 115 Å². The summed E-state index contributed by atoms with van der Waals surface area (Å²) in [5.41, 5.74) is 12.5. The Morgan fingerprint density at radius 2 is 1.60 bits per heavy atom. The van der Waals surface area contributed by atoms with Crippen molar-refractivity contribution in [2.45, 2.75) is 154 Å². The molecular weight excluding hydrogens is 1150 g/mol. The van der Waals surface area contributed by atoms with Crippen LogP contribution in [0, 0.1) is 12.3 Å². The highest BCUT2D eigenvalue weighted by Crippen LogP contribution is 2.41. The van der Waals surface area contributed by atoms with Crippen LogP contribution in [0.2, 0.25) is 0 Å². The number of H-pyrrole nitrogens is 1. The number of unbranched alkanes of at least 4 members (excludes halogenated alkanes) is 1. The molecule has 24 heteroatoms. The van der Waals surface area contributed by atoms with Gasteiger partial charge < -0.3 is 56.5 Å². The molecule has 9 rings (SSSR count). The Bertz CT molecular complexity index is 3630. The highest BCUT2D eigenvalue weighted by atomic mass is 32.1. The van der Waals surface area contributed by atoms with Crippen molar-refractivity contribution in [1.82, 2.24) is 36.1 Å². The van der Waals surface area contributed by atoms with Gasteiger partial charge in [0.2, 0.25) is 35.4 Å². The maximum Gasteiger partial charge on any atom is 0.396 e. The summed E-state index contributed by atoms with van der Waals surface area (Å²) in [6.45, 7) is 9.65. The fourth-order valence-electron chi connectivity index (χ4n) is 11.5. The van der Waals surface area contributed by atoms with Gasteiger partial charge in [0.05, 0.1) is 46.6 Å². The number of likely N-dealkylation sites (tertiary alicyclic amines) is 1. The summed E-state index contributed by atoms with van der Waals surface area (Å²) in [5, 5.41) is 22.8. The quantitative estimate of drug-likeness (QED) is 0.0256. The number of carbonyl (C=O) groups excluding carboxylic acids is 8. The summed E-state index contributed by atoms with van der Waals surface area (Å²) in [7, 11) is -5.06. The Morgan fingerprint density at radius 1 is 0.885 bits per heavy atom. The van der Waals surface area contributed by atoms with Gasteiger partial charge in [0.25, 0.3) is 11.4 Å². The maximum absolute atomic E-state index is 14.6. The highest BCUT2D eigenvalue weighted by Gasteiger charge is 2.46. The zero-order valence-electron chi connectivity index (χ0n) is 49.2. The van der Waals surface area contributed by atoms with E-state index in [0.29, 0.717) is 42.3 Å². The molecule has 0 radical (unpaired) electrons. The van der Waals surface area contributed by atoms with E-state index in [-0.39, 0.29) is 81.3 Å². The molecule has 5 heterocycles. The van der Waals surface area contributed by atoms with E-state index in [1.54, 1.807) is 23.8 Å². The normalized spacial score (nSPS) is 18.6. The number of aliphatic hydroxyl groups is 1. The first-order valence-electron chi connectivity index (χ1n) is 29.1. The average Bonchev–Trinajstić information content (AvgIpc) is 2.15. The number of thiazole rings is 1. The van der Waals surface area contributed by atoms with Crippen LogP contribution in [0.15, 0.2) is 96.5 Å². The van der Waals surface area contributed by atoms with Crippen LogP contribution in [0.3, 0.4) is 0 Å². The van der Waals surface area contributed by atoms with Crippen molar-refractivity contribution in [1.29, 1.82) is 0 Å². The molecule has 2 aromatic heterocycles. The number of aromatic nitrogens is 2. The second-order valence-electron chi connectivity index (χ2n) is 23.9. The molecule has 0 bridgehead atoms. The van der Waals surface area contributed by atoms with Crippen molar-refractivity contribution in [3.05, 3.63) is 141 Å². The number of nitrogens with zero attached hydrogens (tertiary/aromatic N) is 3. The summed E-state index contributed by atoms with van der Waals surface area (Å²) in [4.78, 5) is 138. The monoisotopic (exact) mass is 1230 g/mol. The Hall–Kier alpha value is -7.92. The van der Waals surface area contributed by atoms with Gasteiger partial charge in [0.1, 0.15) is 29.9 Å². The zero-order chi connectivity index (χ0) is 62.5. The number of para-hydroxylation sites is 1. The number of benzene rings is 4. The lowest BCUT2D eigenvalue weighted by molar-refractivity contribution is -0.144. The lowest BCUT2D eigenvalue weighted by Gasteiger charge is -2.35. The van der Waals surface area contributed by atoms with Gasteiger partial charge in [0, 0.05) is 55.2 Å². The molecule has 3 aliphatic heterocycles. The Balaban J connectivity index is 0.750. The van der Waals surface area contributed by atoms with Crippen molar-refractivity contribution in [3.63, 3.8) is 0 Å². The first kappa shape index (κ1) is 63.6. The zero-order valence-corrected chi connectivity index (χ0v) is 50.9. The maximum atomic E-state index is 14.6. The Kier molecular flexibility index (Phi) is 19.7. The molecule has 10 N–H and O–H groups in total. The van der Waals surface area contributed by atoms with E-state index < -0.39 is 90.5 Å². The van der Waals surface area contributed by atoms with E-state index >= 15 is 0 Å². The average molecular weight is 1230 g/mol. The third kappa shape index (κ3) is 15.3. The third-order valence-electron chi connectivity index (χ3n) is 16.4. The van der Waals surface area contributed by atoms with Gasteiger partial charge in [-0.15, -0.1) is 11.3 Å². The minimum absolute atomic E-state index is 0.0287. The molecule has 7 atom stereocenters. The largest absolute Gasteiger partial charge is 0.396 e. The van der Waals surface area contributed by atoms with E-state index in [1.165, 1.54) is 34.1 Å². The smallest absolute Gasteiger partial charge is 0.391 e. The second-order valence-corrected chi connectivity index (χ2v) is 26.2. The molecule has 6 aromatic rings. The van der Waals surface area contributed by atoms with Crippen molar-refractivity contribution in [3.8, 4) is 10.4 Å². The predicted molar refractivity (Wildman–Crippen MR) is 326 cm³/mol. The van der Waals surface area contributed by atoms with Crippen LogP contribution in [-0.4, -0.2) is 126 Å². The lowest BCUT2D eigenvalue weighted by Crippen LogP contribution is -2.57. The van der Waals surface area contributed by atoms with Crippen molar-refractivity contribution in [2.24, 2.45) is 11.1 Å². The van der Waals surface area contributed by atoms with Crippen LogP contribution in [0.4, 0.5) is 5.69 Å². The highest BCUT2D eigenvalue weighted by molar-refractivity contribution is 7.70. The van der Waals surface area contributed by atoms with Crippen LogP contribution in [0.1, 0.15) is 127 Å². The second kappa shape index (κ2) is 27.0. The molecule has 22 nitrogen and oxygen atoms in total. The summed E-state index contributed by atoms with van der Waals surface area (Å²) in [5.74, 6) is -3.32. The Labute approximate surface area is 507 Å². The summed E-state index contributed by atoms with van der Waals surface area (Å²) in [6, 6.07) is 21.9. The van der Waals surface area contributed by atoms with Crippen LogP contribution in [0.5, 0.6) is 0 Å². The number of aryl methyl sites for hydroxylation is 3. The molecule has 0 unspecified atom stereocenters. The van der Waals surface area contributed by atoms with Crippen LogP contribution >= 0.6 is 18.9 Å². The molecule has 460 valence electrons. The molecular formula is C63H74N9O13PS. The predicted octanol–water partition coefficient (Wildman–Crippen LogP) is 5.80. The van der Waals surface area contributed by atoms with Gasteiger partial charge in [-0.2, -0.15) is 0 Å². The topological polar surface area (TPSA) is 333 Å². The summed E-state index contributed by atoms with van der Waals surface area (Å²) in [6.07, 6.45) is 1.54. The number of carbonyl (C=O) groups is 8. The number of nitrogens with two attached hydrogens (primary N) is 1. The number of rotatable bonds is 24. The number of β-amino-alcohol motifs (C(OH)–C–C–N with tert-alkyl or cyclic N) is 1. The molecule has 1 saturated heterocycles. The lowest BCUT2D eigenvalue weighted by atomic mass is 9.85. The van der Waals surface area contributed by atoms with E-state index in [1.807, 2.05) is 94.4 Å². The van der Waals surface area contributed by atoms with E-state index in [9.17, 15) is 57.8 Å². The molecule has 0 spiro atoms. The summed E-state index contributed by atoms with van der Waals surface area (Å²) >= 11 is 1.56. The number of amides is 7. The molecule has 0 saturated carbocycles. The first-order valence-corrected chi connectivity index (χ1v) is 31.6. The number of primary amides is 1. The van der Waals surface area contributed by atoms with Gasteiger partial charge >= 0.3 is 7.60 Å². The standard InChI is InChI=1S/C63H74N9O13PS/c1-35-55(87-34-66-35)41-19-17-38(18-20-41)31-65-58(77)50-30-45(73)32-71(50)61(80)56(63(3,4)5)70-53(75)12-7-6-9-37-13-15-39(16-14-37)33-85-36(2)46(25-26-52(64)74)68-59(78)51-29-42-11-8-10-40-21-24-48(60(79)72(51)54(40)42)69-57(76)49-28-44-27-43(22-23-47(44)67-49)62(81)86(82,83)84/h8,10-11,13-20,22-23,27-28,34,36,45-46,48,50-51,56,67,73H,6-7,9,12,21,24-26,29-33H2,1-5H3,(H2,64,74)(H,65,77)(H,68,78)(H,69,76)(H,70,75)(H2,82,83,84)/t36-,45+,46+,48+,50+,51+,56-/m1/s1. The fraction of sp³-hybridized carbons (Fsp3) is 0.413. The van der Waals surface area contributed by atoms with E-state index in [2.05, 4.69) is 31.2 Å². The Morgan fingerprint density at radius 3 is 2.29 bits per heavy atom. The van der Waals surface area contributed by atoms with E-state index in [0.717, 1.165) is 44.0 Å². The number of hydrogen-bond acceptors (Lipinski definition) is 13. The molecule has 7 amide bonds. The number of anilines is 1. The van der Waals surface area contributed by atoms with Crippen molar-refractivity contribution in [2.75, 3.05) is 11.4 Å². The number of aliphatic hydroxyl groups excluding tert-OH is 1. The van der Waals surface area contributed by atoms with Crippen molar-refractivity contribution < 1.29 is 62.6 Å². The van der Waals surface area contributed by atoms with Gasteiger partial charge in [0.15, 0.2) is 0 Å². The molecule has 1 fully saturated rings. The number of hydrogen-bond donors (Lipinski definition) is 9. The van der Waals surface area contributed by atoms with E-state index in [4.69, 9.17) is 10.5 Å².